The molecule has 1 amide bonds. The van der Waals surface area contributed by atoms with Crippen molar-refractivity contribution in [2.45, 2.75) is 10.3 Å². The van der Waals surface area contributed by atoms with Crippen molar-refractivity contribution in [3.63, 3.8) is 0 Å². The van der Waals surface area contributed by atoms with Crippen LogP contribution in [0.2, 0.25) is 0 Å². The smallest absolute Gasteiger partial charge is 0.252 e. The van der Waals surface area contributed by atoms with Gasteiger partial charge in [0.25, 0.3) is 5.91 Å². The molecule has 0 aliphatic carbocycles. The zero-order valence-electron chi connectivity index (χ0n) is 15.6. The third kappa shape index (κ3) is 4.52. The molecule has 0 saturated carbocycles. The second-order valence-corrected chi connectivity index (χ2v) is 8.20. The quantitative estimate of drug-likeness (QED) is 0.606. The van der Waals surface area contributed by atoms with Crippen LogP contribution >= 0.6 is 0 Å². The highest BCUT2D eigenvalue weighted by Crippen LogP contribution is 2.19. The standard InChI is InChI=1S/C22H19NO5S/c1-28-18-14-12-17(13-15-18)21(25)23-22(20(24)16-8-4-2-5-9-16)29(26,27)19-10-6-3-7-11-19/h2-15,22H,1H3,(H,23,25). The fraction of sp³-hybridized carbons (Fsp3) is 0.0909. The number of ketones is 1. The summed E-state index contributed by atoms with van der Waals surface area (Å²) in [5, 5.41) is 0.628. The van der Waals surface area contributed by atoms with Gasteiger partial charge in [-0.2, -0.15) is 0 Å². The predicted molar refractivity (Wildman–Crippen MR) is 109 cm³/mol. The maximum Gasteiger partial charge on any atom is 0.252 e. The lowest BCUT2D eigenvalue weighted by Crippen LogP contribution is -2.46. The molecular weight excluding hydrogens is 390 g/mol. The van der Waals surface area contributed by atoms with Gasteiger partial charge < -0.3 is 10.1 Å². The van der Waals surface area contributed by atoms with Gasteiger partial charge in [0.05, 0.1) is 12.0 Å². The normalized spacial score (nSPS) is 12.0. The number of sulfone groups is 1. The summed E-state index contributed by atoms with van der Waals surface area (Å²) in [6, 6.07) is 21.7. The lowest BCUT2D eigenvalue weighted by molar-refractivity contribution is 0.0888. The number of amides is 1. The molecule has 0 radical (unpaired) electrons. The van der Waals surface area contributed by atoms with Gasteiger partial charge in [0.1, 0.15) is 5.75 Å². The first-order chi connectivity index (χ1) is 13.9. The largest absolute Gasteiger partial charge is 0.497 e. The van der Waals surface area contributed by atoms with Gasteiger partial charge in [0.2, 0.25) is 15.6 Å². The van der Waals surface area contributed by atoms with Crippen molar-refractivity contribution in [3.8, 4) is 5.75 Å². The highest BCUT2D eigenvalue weighted by molar-refractivity contribution is 7.92. The lowest BCUT2D eigenvalue weighted by Gasteiger charge is -2.19. The summed E-state index contributed by atoms with van der Waals surface area (Å²) in [5.74, 6) is -0.840. The summed E-state index contributed by atoms with van der Waals surface area (Å²) in [6.07, 6.45) is 0. The third-order valence-electron chi connectivity index (χ3n) is 4.29. The minimum atomic E-state index is -4.17. The molecule has 0 saturated heterocycles. The average molecular weight is 409 g/mol. The number of carbonyl (C=O) groups is 2. The van der Waals surface area contributed by atoms with E-state index in [9.17, 15) is 18.0 Å². The van der Waals surface area contributed by atoms with Crippen molar-refractivity contribution in [2.24, 2.45) is 0 Å². The molecule has 6 nitrogen and oxygen atoms in total. The Kier molecular flexibility index (Phi) is 6.09. The first kappa shape index (κ1) is 20.3. The monoisotopic (exact) mass is 409 g/mol. The molecule has 1 atom stereocenters. The molecule has 0 aliphatic heterocycles. The van der Waals surface area contributed by atoms with E-state index < -0.39 is 26.9 Å². The molecular formula is C22H19NO5S. The van der Waals surface area contributed by atoms with Crippen molar-refractivity contribution in [2.75, 3.05) is 7.11 Å². The number of hydrogen-bond donors (Lipinski definition) is 1. The lowest BCUT2D eigenvalue weighted by atomic mass is 10.1. The molecule has 0 fully saturated rings. The maximum absolute atomic E-state index is 13.2. The van der Waals surface area contributed by atoms with Crippen molar-refractivity contribution >= 4 is 21.5 Å². The fourth-order valence-corrected chi connectivity index (χ4v) is 4.22. The van der Waals surface area contributed by atoms with Crippen LogP contribution in [-0.4, -0.2) is 32.6 Å². The minimum absolute atomic E-state index is 0.0516. The summed E-state index contributed by atoms with van der Waals surface area (Å²) in [5.41, 5.74) is 0.395. The van der Waals surface area contributed by atoms with E-state index in [1.54, 1.807) is 48.5 Å². The molecule has 29 heavy (non-hydrogen) atoms. The average Bonchev–Trinajstić information content (AvgIpc) is 2.78. The van der Waals surface area contributed by atoms with Crippen LogP contribution < -0.4 is 10.1 Å². The number of methoxy groups -OCH3 is 1. The van der Waals surface area contributed by atoms with Crippen molar-refractivity contribution in [1.82, 2.24) is 5.32 Å². The summed E-state index contributed by atoms with van der Waals surface area (Å²) >= 11 is 0. The minimum Gasteiger partial charge on any atom is -0.497 e. The van der Waals surface area contributed by atoms with E-state index in [2.05, 4.69) is 5.32 Å². The molecule has 3 aromatic rings. The first-order valence-electron chi connectivity index (χ1n) is 8.76. The van der Waals surface area contributed by atoms with Crippen LogP contribution in [0, 0.1) is 0 Å². The molecule has 0 heterocycles. The van der Waals surface area contributed by atoms with Gasteiger partial charge >= 0.3 is 0 Å². The van der Waals surface area contributed by atoms with Crippen LogP contribution in [0.3, 0.4) is 0 Å². The SMILES string of the molecule is COc1ccc(C(=O)NC(C(=O)c2ccccc2)S(=O)(=O)c2ccccc2)cc1. The van der Waals surface area contributed by atoms with Crippen LogP contribution in [-0.2, 0) is 9.84 Å². The Labute approximate surface area is 169 Å². The Morgan fingerprint density at radius 1 is 0.793 bits per heavy atom. The highest BCUT2D eigenvalue weighted by atomic mass is 32.2. The van der Waals surface area contributed by atoms with E-state index in [4.69, 9.17) is 4.74 Å². The number of ether oxygens (including phenoxy) is 1. The summed E-state index contributed by atoms with van der Waals surface area (Å²) < 4.78 is 31.4. The van der Waals surface area contributed by atoms with E-state index in [1.807, 2.05) is 0 Å². The van der Waals surface area contributed by atoms with Gasteiger partial charge in [-0.1, -0.05) is 48.5 Å². The predicted octanol–water partition coefficient (Wildman–Crippen LogP) is 3.11. The Morgan fingerprint density at radius 2 is 1.34 bits per heavy atom. The summed E-state index contributed by atoms with van der Waals surface area (Å²) in [6.45, 7) is 0. The zero-order chi connectivity index (χ0) is 20.9. The fourth-order valence-electron chi connectivity index (χ4n) is 2.73. The molecule has 0 spiro atoms. The third-order valence-corrected chi connectivity index (χ3v) is 6.17. The Hall–Kier alpha value is -3.45. The molecule has 0 bridgehead atoms. The molecule has 148 valence electrons. The number of benzene rings is 3. The van der Waals surface area contributed by atoms with Crippen molar-refractivity contribution < 1.29 is 22.7 Å². The zero-order valence-corrected chi connectivity index (χ0v) is 16.4. The second kappa shape index (κ2) is 8.70. The van der Waals surface area contributed by atoms with E-state index in [0.29, 0.717) is 5.75 Å². The molecule has 3 aromatic carbocycles. The molecule has 0 aliphatic rings. The Bertz CT molecular complexity index is 1090. The molecule has 0 aromatic heterocycles. The van der Waals surface area contributed by atoms with E-state index in [0.717, 1.165) is 0 Å². The van der Waals surface area contributed by atoms with Crippen LogP contribution in [0.4, 0.5) is 0 Å². The number of rotatable bonds is 7. The Morgan fingerprint density at radius 3 is 1.90 bits per heavy atom. The number of Topliss-reactive ketones (excluding diaryl/α,β-unsaturated/α-hetero) is 1. The highest BCUT2D eigenvalue weighted by Gasteiger charge is 2.36. The second-order valence-electron chi connectivity index (χ2n) is 6.17. The number of carbonyl (C=O) groups excluding carboxylic acids is 2. The molecule has 3 rings (SSSR count). The van der Waals surface area contributed by atoms with E-state index >= 15 is 0 Å². The summed E-state index contributed by atoms with van der Waals surface area (Å²) in [4.78, 5) is 25.7. The molecule has 1 unspecified atom stereocenters. The van der Waals surface area contributed by atoms with Crippen molar-refractivity contribution in [3.05, 3.63) is 96.1 Å². The van der Waals surface area contributed by atoms with Gasteiger partial charge in [-0.3, -0.25) is 9.59 Å². The maximum atomic E-state index is 13.2. The topological polar surface area (TPSA) is 89.5 Å². The van der Waals surface area contributed by atoms with Crippen LogP contribution in [0.5, 0.6) is 5.75 Å². The van der Waals surface area contributed by atoms with E-state index in [-0.39, 0.29) is 16.0 Å². The van der Waals surface area contributed by atoms with Gasteiger partial charge in [0, 0.05) is 11.1 Å². The van der Waals surface area contributed by atoms with Gasteiger partial charge in [-0.15, -0.1) is 0 Å². The van der Waals surface area contributed by atoms with E-state index in [1.165, 1.54) is 43.5 Å². The molecule has 7 heteroatoms. The Balaban J connectivity index is 1.98. The number of nitrogens with one attached hydrogen (secondary N) is 1. The summed E-state index contributed by atoms with van der Waals surface area (Å²) in [7, 11) is -2.67. The van der Waals surface area contributed by atoms with Gasteiger partial charge in [0.15, 0.2) is 5.37 Å². The first-order valence-corrected chi connectivity index (χ1v) is 10.3. The number of hydrogen-bond acceptors (Lipinski definition) is 5. The van der Waals surface area contributed by atoms with Gasteiger partial charge in [-0.25, -0.2) is 8.42 Å². The van der Waals surface area contributed by atoms with Crippen LogP contribution in [0.25, 0.3) is 0 Å². The van der Waals surface area contributed by atoms with Crippen LogP contribution in [0.1, 0.15) is 20.7 Å². The van der Waals surface area contributed by atoms with Gasteiger partial charge in [-0.05, 0) is 36.4 Å². The van der Waals surface area contributed by atoms with Crippen LogP contribution in [0.15, 0.2) is 89.8 Å². The van der Waals surface area contributed by atoms with Crippen molar-refractivity contribution in [1.29, 1.82) is 0 Å². The molecule has 1 N–H and O–H groups in total.